The molecule has 154 valence electrons. The lowest BCUT2D eigenvalue weighted by Crippen LogP contribution is -2.20. The van der Waals surface area contributed by atoms with E-state index >= 15 is 0 Å². The fourth-order valence-corrected chi connectivity index (χ4v) is 3.66. The molecule has 31 heavy (non-hydrogen) atoms. The van der Waals surface area contributed by atoms with Crippen molar-refractivity contribution in [2.24, 2.45) is 5.73 Å². The van der Waals surface area contributed by atoms with E-state index in [1.54, 1.807) is 42.5 Å². The molecule has 0 spiro atoms. The third-order valence-electron chi connectivity index (χ3n) is 4.60. The third-order valence-corrected chi connectivity index (χ3v) is 5.16. The second kappa shape index (κ2) is 8.60. The van der Waals surface area contributed by atoms with Gasteiger partial charge in [-0.1, -0.05) is 35.3 Å². The zero-order valence-electron chi connectivity index (χ0n) is 15.8. The molecule has 1 aliphatic heterocycles. The minimum Gasteiger partial charge on any atom is -0.468 e. The van der Waals surface area contributed by atoms with Gasteiger partial charge in [0.2, 0.25) is 5.88 Å². The zero-order chi connectivity index (χ0) is 22.0. The van der Waals surface area contributed by atoms with Crippen molar-refractivity contribution in [1.82, 2.24) is 0 Å². The summed E-state index contributed by atoms with van der Waals surface area (Å²) < 4.78 is 16.4. The molecule has 0 amide bonds. The molecule has 2 heterocycles. The zero-order valence-corrected chi connectivity index (χ0v) is 17.4. The average molecular weight is 453 g/mol. The summed E-state index contributed by atoms with van der Waals surface area (Å²) in [5.41, 5.74) is 7.48. The van der Waals surface area contributed by atoms with Crippen LogP contribution >= 0.6 is 23.2 Å². The second-order valence-electron chi connectivity index (χ2n) is 6.56. The molecule has 1 unspecified atom stereocenters. The Morgan fingerprint density at radius 1 is 1.19 bits per heavy atom. The van der Waals surface area contributed by atoms with Crippen LogP contribution in [0.4, 0.5) is 0 Å². The standard InChI is InChI=1S/C23H14Cl2N2O4/c24-14-5-3-13(18(25)10-14)4-8-21(28)30-15-6-7-16-20(11-15)31-23(27)17(12-26)22(16)19-2-1-9-29-19/h1-11,22H,27H2/b8-4+. The van der Waals surface area contributed by atoms with Crippen LogP contribution in [0.3, 0.4) is 0 Å². The van der Waals surface area contributed by atoms with Crippen LogP contribution in [0.15, 0.2) is 76.7 Å². The van der Waals surface area contributed by atoms with Gasteiger partial charge in [-0.15, -0.1) is 0 Å². The van der Waals surface area contributed by atoms with E-state index in [0.717, 1.165) is 0 Å². The lowest BCUT2D eigenvalue weighted by molar-refractivity contribution is -0.128. The number of allylic oxidation sites excluding steroid dienone is 1. The number of ether oxygens (including phenoxy) is 2. The number of halogens is 2. The quantitative estimate of drug-likeness (QED) is 0.322. The Hall–Kier alpha value is -3.66. The topological polar surface area (TPSA) is 98.5 Å². The van der Waals surface area contributed by atoms with E-state index in [4.69, 9.17) is 42.8 Å². The van der Waals surface area contributed by atoms with Crippen LogP contribution in [0.25, 0.3) is 6.08 Å². The summed E-state index contributed by atoms with van der Waals surface area (Å²) in [5.74, 6) is 0.0229. The van der Waals surface area contributed by atoms with Crippen LogP contribution in [-0.4, -0.2) is 5.97 Å². The van der Waals surface area contributed by atoms with Crippen LogP contribution < -0.4 is 15.2 Å². The molecule has 0 radical (unpaired) electrons. The van der Waals surface area contributed by atoms with Crippen LogP contribution in [0, 0.1) is 11.3 Å². The Bertz CT molecular complexity index is 1260. The Morgan fingerprint density at radius 3 is 2.74 bits per heavy atom. The summed E-state index contributed by atoms with van der Waals surface area (Å²) in [6.45, 7) is 0. The molecule has 1 aromatic heterocycles. The molecule has 0 saturated heterocycles. The minimum absolute atomic E-state index is 0.0304. The Balaban J connectivity index is 1.57. The monoisotopic (exact) mass is 452 g/mol. The summed E-state index contributed by atoms with van der Waals surface area (Å²) in [5, 5.41) is 10.4. The van der Waals surface area contributed by atoms with E-state index in [0.29, 0.717) is 32.7 Å². The third kappa shape index (κ3) is 4.29. The van der Waals surface area contributed by atoms with Crippen molar-refractivity contribution in [2.75, 3.05) is 0 Å². The van der Waals surface area contributed by atoms with Crippen molar-refractivity contribution in [3.63, 3.8) is 0 Å². The molecule has 4 rings (SSSR count). The van der Waals surface area contributed by atoms with E-state index in [1.807, 2.05) is 0 Å². The highest BCUT2D eigenvalue weighted by atomic mass is 35.5. The van der Waals surface area contributed by atoms with Gasteiger partial charge in [0.05, 0.1) is 12.2 Å². The first-order valence-corrected chi connectivity index (χ1v) is 9.81. The Labute approximate surface area is 187 Å². The molecule has 6 nitrogen and oxygen atoms in total. The van der Waals surface area contributed by atoms with Gasteiger partial charge in [-0.25, -0.2) is 4.79 Å². The Morgan fingerprint density at radius 2 is 2.03 bits per heavy atom. The molecule has 0 aliphatic carbocycles. The molecule has 0 fully saturated rings. The molecule has 0 bridgehead atoms. The Kier molecular flexibility index (Phi) is 5.72. The van der Waals surface area contributed by atoms with Crippen LogP contribution in [0.5, 0.6) is 11.5 Å². The highest BCUT2D eigenvalue weighted by Gasteiger charge is 2.32. The van der Waals surface area contributed by atoms with E-state index in [2.05, 4.69) is 6.07 Å². The van der Waals surface area contributed by atoms with Gasteiger partial charge >= 0.3 is 5.97 Å². The van der Waals surface area contributed by atoms with Gasteiger partial charge in [0.25, 0.3) is 0 Å². The lowest BCUT2D eigenvalue weighted by Gasteiger charge is -2.25. The summed E-state index contributed by atoms with van der Waals surface area (Å²) in [6.07, 6.45) is 4.30. The van der Waals surface area contributed by atoms with E-state index < -0.39 is 11.9 Å². The van der Waals surface area contributed by atoms with Gasteiger partial charge < -0.3 is 19.6 Å². The number of nitrogens with two attached hydrogens (primary N) is 1. The molecule has 1 atom stereocenters. The molecular weight excluding hydrogens is 439 g/mol. The van der Waals surface area contributed by atoms with Gasteiger partial charge in [0.15, 0.2) is 0 Å². The number of rotatable bonds is 4. The maximum Gasteiger partial charge on any atom is 0.336 e. The van der Waals surface area contributed by atoms with Crippen molar-refractivity contribution >= 4 is 35.2 Å². The molecule has 2 aromatic carbocycles. The smallest absolute Gasteiger partial charge is 0.336 e. The molecule has 0 saturated carbocycles. The molecule has 8 heteroatoms. The van der Waals surface area contributed by atoms with Gasteiger partial charge in [-0.2, -0.15) is 5.26 Å². The number of furan rings is 1. The summed E-state index contributed by atoms with van der Waals surface area (Å²) in [7, 11) is 0. The highest BCUT2D eigenvalue weighted by Crippen LogP contribution is 2.43. The highest BCUT2D eigenvalue weighted by molar-refractivity contribution is 6.35. The van der Waals surface area contributed by atoms with E-state index in [1.165, 1.54) is 24.5 Å². The molecule has 1 aliphatic rings. The first kappa shape index (κ1) is 20.6. The fraction of sp³-hybridized carbons (Fsp3) is 0.0435. The van der Waals surface area contributed by atoms with Crippen LogP contribution in [0.1, 0.15) is 22.8 Å². The predicted octanol–water partition coefficient (Wildman–Crippen LogP) is 5.42. The normalized spacial score (nSPS) is 15.3. The van der Waals surface area contributed by atoms with Gasteiger partial charge in [-0.05, 0) is 42.0 Å². The number of hydrogen-bond acceptors (Lipinski definition) is 6. The van der Waals surface area contributed by atoms with Gasteiger partial charge in [-0.3, -0.25) is 0 Å². The first-order chi connectivity index (χ1) is 15.0. The van der Waals surface area contributed by atoms with Crippen molar-refractivity contribution in [3.8, 4) is 17.6 Å². The van der Waals surface area contributed by atoms with Gasteiger partial charge in [0.1, 0.15) is 28.9 Å². The number of carbonyl (C=O) groups is 1. The summed E-state index contributed by atoms with van der Waals surface area (Å²) in [4.78, 5) is 12.2. The number of nitriles is 1. The second-order valence-corrected chi connectivity index (χ2v) is 7.40. The number of hydrogen-bond donors (Lipinski definition) is 1. The average Bonchev–Trinajstić information content (AvgIpc) is 3.26. The van der Waals surface area contributed by atoms with E-state index in [9.17, 15) is 10.1 Å². The van der Waals surface area contributed by atoms with Crippen molar-refractivity contribution in [2.45, 2.75) is 5.92 Å². The molecular formula is C23H14Cl2N2O4. The van der Waals surface area contributed by atoms with Crippen molar-refractivity contribution < 1.29 is 18.7 Å². The van der Waals surface area contributed by atoms with Crippen molar-refractivity contribution in [3.05, 3.63) is 99.3 Å². The number of carbonyl (C=O) groups excluding carboxylic acids is 1. The van der Waals surface area contributed by atoms with Gasteiger partial charge in [0, 0.05) is 27.8 Å². The SMILES string of the molecule is N#CC1=C(N)Oc2cc(OC(=O)/C=C/c3ccc(Cl)cc3Cl)ccc2C1c1ccco1. The maximum absolute atomic E-state index is 12.2. The number of nitrogens with zero attached hydrogens (tertiary/aromatic N) is 1. The van der Waals surface area contributed by atoms with Crippen molar-refractivity contribution in [1.29, 1.82) is 5.26 Å². The fourth-order valence-electron chi connectivity index (χ4n) is 3.19. The predicted molar refractivity (Wildman–Crippen MR) is 116 cm³/mol. The number of esters is 1. The number of benzene rings is 2. The minimum atomic E-state index is -0.606. The largest absolute Gasteiger partial charge is 0.468 e. The van der Waals surface area contributed by atoms with Crippen LogP contribution in [0.2, 0.25) is 10.0 Å². The molecule has 3 aromatic rings. The molecule has 2 N–H and O–H groups in total. The first-order valence-electron chi connectivity index (χ1n) is 9.06. The van der Waals surface area contributed by atoms with E-state index in [-0.39, 0.29) is 17.2 Å². The summed E-state index contributed by atoms with van der Waals surface area (Å²) in [6, 6.07) is 15.3. The van der Waals surface area contributed by atoms with Crippen LogP contribution in [-0.2, 0) is 4.79 Å². The summed E-state index contributed by atoms with van der Waals surface area (Å²) >= 11 is 12.0. The lowest BCUT2D eigenvalue weighted by atomic mass is 9.87. The maximum atomic E-state index is 12.2. The number of fused-ring (bicyclic) bond motifs is 1.